The van der Waals surface area contributed by atoms with E-state index in [2.05, 4.69) is 25.6 Å². The Hall–Kier alpha value is -4.10. The molecule has 232 valence electrons. The van der Waals surface area contributed by atoms with Gasteiger partial charge in [0.25, 0.3) is 0 Å². The van der Waals surface area contributed by atoms with Crippen LogP contribution in [0.4, 0.5) is 4.39 Å². The number of tetrazole rings is 1. The van der Waals surface area contributed by atoms with Gasteiger partial charge in [-0.05, 0) is 67.0 Å². The molecular formula is C30H40FN7O5. The Morgan fingerprint density at radius 1 is 1.09 bits per heavy atom. The number of methoxy groups -OCH3 is 2. The summed E-state index contributed by atoms with van der Waals surface area (Å²) < 4.78 is 30.2. The Morgan fingerprint density at radius 2 is 1.84 bits per heavy atom. The number of aromatic nitrogens is 4. The van der Waals surface area contributed by atoms with E-state index < -0.39 is 11.9 Å². The predicted octanol–water partition coefficient (Wildman–Crippen LogP) is 2.70. The van der Waals surface area contributed by atoms with Gasteiger partial charge < -0.3 is 29.3 Å². The first-order valence-corrected chi connectivity index (χ1v) is 14.5. The number of nitrogens with one attached hydrogen (secondary N) is 1. The van der Waals surface area contributed by atoms with Crippen LogP contribution in [0, 0.1) is 5.82 Å². The third kappa shape index (κ3) is 8.26. The molecular weight excluding hydrogens is 557 g/mol. The lowest BCUT2D eigenvalue weighted by Gasteiger charge is -2.33. The zero-order valence-electron chi connectivity index (χ0n) is 25.2. The monoisotopic (exact) mass is 597 g/mol. The third-order valence-corrected chi connectivity index (χ3v) is 7.52. The van der Waals surface area contributed by atoms with Crippen molar-refractivity contribution in [2.45, 2.75) is 45.4 Å². The molecule has 2 atom stereocenters. The molecule has 0 aliphatic carbocycles. The van der Waals surface area contributed by atoms with E-state index in [0.29, 0.717) is 48.1 Å². The summed E-state index contributed by atoms with van der Waals surface area (Å²) in [6.45, 7) is 7.17. The standard InChI is InChI=1S/C30H40FN7O5/c1-5-36(6-2)15-16-37(28(21-9-12-23(31)13-10-21)30(40)32-19-24-8-7-17-43-24)27(39)20-38-34-29(33-35-38)22-11-14-25(41-3)26(18-22)42-4/h9-14,18,24,28H,5-8,15-17,19-20H2,1-4H3,(H,32,40). The van der Waals surface area contributed by atoms with Gasteiger partial charge in [-0.1, -0.05) is 26.0 Å². The van der Waals surface area contributed by atoms with E-state index in [4.69, 9.17) is 14.2 Å². The molecule has 2 unspecified atom stereocenters. The van der Waals surface area contributed by atoms with E-state index in [0.717, 1.165) is 25.9 Å². The van der Waals surface area contributed by atoms with Crippen molar-refractivity contribution in [1.29, 1.82) is 0 Å². The quantitative estimate of drug-likeness (QED) is 0.282. The lowest BCUT2D eigenvalue weighted by molar-refractivity contribution is -0.142. The van der Waals surface area contributed by atoms with Crippen LogP contribution in [0.3, 0.4) is 0 Å². The molecule has 0 spiro atoms. The van der Waals surface area contributed by atoms with Gasteiger partial charge in [-0.25, -0.2) is 4.39 Å². The van der Waals surface area contributed by atoms with Gasteiger partial charge in [0.15, 0.2) is 11.5 Å². The molecule has 1 saturated heterocycles. The van der Waals surface area contributed by atoms with Gasteiger partial charge in [0.1, 0.15) is 18.4 Å². The van der Waals surface area contributed by atoms with Crippen molar-refractivity contribution in [2.75, 3.05) is 53.6 Å². The summed E-state index contributed by atoms with van der Waals surface area (Å²) in [6.07, 6.45) is 1.71. The van der Waals surface area contributed by atoms with Crippen LogP contribution in [0.5, 0.6) is 11.5 Å². The van der Waals surface area contributed by atoms with Gasteiger partial charge in [-0.15, -0.1) is 10.2 Å². The van der Waals surface area contributed by atoms with Gasteiger partial charge in [-0.2, -0.15) is 4.80 Å². The molecule has 1 N–H and O–H groups in total. The van der Waals surface area contributed by atoms with Crippen molar-refractivity contribution in [3.63, 3.8) is 0 Å². The van der Waals surface area contributed by atoms with Crippen LogP contribution in [0.1, 0.15) is 38.3 Å². The molecule has 2 aromatic carbocycles. The molecule has 13 heteroatoms. The second kappa shape index (κ2) is 15.4. The summed E-state index contributed by atoms with van der Waals surface area (Å²) in [7, 11) is 3.08. The van der Waals surface area contributed by atoms with Gasteiger partial charge in [-0.3, -0.25) is 9.59 Å². The predicted molar refractivity (Wildman–Crippen MR) is 157 cm³/mol. The van der Waals surface area contributed by atoms with Crippen molar-refractivity contribution in [3.8, 4) is 22.9 Å². The SMILES string of the molecule is CCN(CC)CCN(C(=O)Cn1nnc(-c2ccc(OC)c(OC)c2)n1)C(C(=O)NCC1CCCO1)c1ccc(F)cc1. The second-order valence-corrected chi connectivity index (χ2v) is 10.2. The number of hydrogen-bond acceptors (Lipinski definition) is 9. The van der Waals surface area contributed by atoms with Crippen LogP contribution in [0.25, 0.3) is 11.4 Å². The Morgan fingerprint density at radius 3 is 2.49 bits per heavy atom. The molecule has 1 aromatic heterocycles. The average molecular weight is 598 g/mol. The summed E-state index contributed by atoms with van der Waals surface area (Å²) >= 11 is 0. The zero-order valence-corrected chi connectivity index (χ0v) is 25.2. The van der Waals surface area contributed by atoms with Crippen LogP contribution in [0.15, 0.2) is 42.5 Å². The summed E-state index contributed by atoms with van der Waals surface area (Å²) in [4.78, 5) is 32.5. The molecule has 1 aliphatic rings. The molecule has 4 rings (SSSR count). The number of hydrogen-bond donors (Lipinski definition) is 1. The maximum atomic E-state index is 13.9. The van der Waals surface area contributed by atoms with E-state index in [1.807, 2.05) is 13.8 Å². The molecule has 2 amide bonds. The molecule has 2 heterocycles. The number of rotatable bonds is 15. The number of carbonyl (C=O) groups is 2. The van der Waals surface area contributed by atoms with Crippen LogP contribution in [-0.2, 0) is 20.9 Å². The fraction of sp³-hybridized carbons (Fsp3) is 0.500. The Kier molecular flexibility index (Phi) is 11.4. The molecule has 3 aromatic rings. The molecule has 1 aliphatic heterocycles. The Bertz CT molecular complexity index is 1340. The highest BCUT2D eigenvalue weighted by Gasteiger charge is 2.33. The zero-order chi connectivity index (χ0) is 30.8. The highest BCUT2D eigenvalue weighted by molar-refractivity contribution is 5.88. The summed E-state index contributed by atoms with van der Waals surface area (Å²) in [5, 5.41) is 15.6. The van der Waals surface area contributed by atoms with E-state index in [1.165, 1.54) is 41.1 Å². The van der Waals surface area contributed by atoms with Crippen molar-refractivity contribution in [3.05, 3.63) is 53.8 Å². The molecule has 0 radical (unpaired) electrons. The minimum atomic E-state index is -1.00. The highest BCUT2D eigenvalue weighted by Crippen LogP contribution is 2.31. The van der Waals surface area contributed by atoms with E-state index in [-0.39, 0.29) is 31.0 Å². The topological polar surface area (TPSA) is 124 Å². The number of nitrogens with zero attached hydrogens (tertiary/aromatic N) is 6. The summed E-state index contributed by atoms with van der Waals surface area (Å²) in [5.41, 5.74) is 1.13. The van der Waals surface area contributed by atoms with Crippen molar-refractivity contribution >= 4 is 11.8 Å². The summed E-state index contributed by atoms with van der Waals surface area (Å²) in [6, 6.07) is 9.87. The van der Waals surface area contributed by atoms with Crippen molar-refractivity contribution < 1.29 is 28.2 Å². The minimum Gasteiger partial charge on any atom is -0.493 e. The number of likely N-dealkylation sites (N-methyl/N-ethyl adjacent to an activating group) is 1. The second-order valence-electron chi connectivity index (χ2n) is 10.2. The van der Waals surface area contributed by atoms with Crippen LogP contribution >= 0.6 is 0 Å². The molecule has 12 nitrogen and oxygen atoms in total. The van der Waals surface area contributed by atoms with E-state index in [1.54, 1.807) is 25.3 Å². The fourth-order valence-electron chi connectivity index (χ4n) is 5.03. The van der Waals surface area contributed by atoms with Crippen molar-refractivity contribution in [2.24, 2.45) is 0 Å². The molecule has 0 bridgehead atoms. The number of ether oxygens (including phenoxy) is 3. The van der Waals surface area contributed by atoms with E-state index in [9.17, 15) is 14.0 Å². The smallest absolute Gasteiger partial charge is 0.247 e. The van der Waals surface area contributed by atoms with Crippen LogP contribution < -0.4 is 14.8 Å². The number of carbonyl (C=O) groups excluding carboxylic acids is 2. The molecule has 1 fully saturated rings. The normalized spacial score (nSPS) is 15.3. The number of amides is 2. The van der Waals surface area contributed by atoms with Crippen molar-refractivity contribution in [1.82, 2.24) is 35.3 Å². The minimum absolute atomic E-state index is 0.0769. The lowest BCUT2D eigenvalue weighted by Crippen LogP contribution is -2.48. The fourth-order valence-corrected chi connectivity index (χ4v) is 5.03. The molecule has 43 heavy (non-hydrogen) atoms. The van der Waals surface area contributed by atoms with Crippen LogP contribution in [-0.4, -0.2) is 101 Å². The molecule has 0 saturated carbocycles. The van der Waals surface area contributed by atoms with Gasteiger partial charge in [0, 0.05) is 31.8 Å². The van der Waals surface area contributed by atoms with Gasteiger partial charge >= 0.3 is 0 Å². The maximum absolute atomic E-state index is 13.9. The maximum Gasteiger partial charge on any atom is 0.247 e. The van der Waals surface area contributed by atoms with Crippen LogP contribution in [0.2, 0.25) is 0 Å². The number of halogens is 1. The first-order chi connectivity index (χ1) is 20.9. The van der Waals surface area contributed by atoms with Gasteiger partial charge in [0.2, 0.25) is 17.6 Å². The first kappa shape index (κ1) is 31.8. The Balaban J connectivity index is 1.60. The highest BCUT2D eigenvalue weighted by atomic mass is 19.1. The summed E-state index contributed by atoms with van der Waals surface area (Å²) in [5.74, 6) is 0.177. The van der Waals surface area contributed by atoms with E-state index >= 15 is 0 Å². The first-order valence-electron chi connectivity index (χ1n) is 14.5. The number of benzene rings is 2. The van der Waals surface area contributed by atoms with Gasteiger partial charge in [0.05, 0.1) is 20.3 Å². The largest absolute Gasteiger partial charge is 0.493 e. The lowest BCUT2D eigenvalue weighted by atomic mass is 10.0. The third-order valence-electron chi connectivity index (χ3n) is 7.52. The average Bonchev–Trinajstić information content (AvgIpc) is 3.73. The Labute approximate surface area is 251 Å².